The quantitative estimate of drug-likeness (QED) is 0.0492. The second-order valence-corrected chi connectivity index (χ2v) is 16.8. The van der Waals surface area contributed by atoms with Crippen molar-refractivity contribution < 1.29 is 24.2 Å². The number of ether oxygens (including phenoxy) is 2. The third kappa shape index (κ3) is 34.1. The van der Waals surface area contributed by atoms with Gasteiger partial charge in [0.1, 0.15) is 0 Å². The molecule has 0 rings (SSSR count). The fraction of sp³-hybridized carbons (Fsp3) is 0.958. The molecular formula is C48H95NO5. The average Bonchev–Trinajstić information content (AvgIpc) is 3.18. The van der Waals surface area contributed by atoms with Gasteiger partial charge in [0.15, 0.2) is 0 Å². The highest BCUT2D eigenvalue weighted by Gasteiger charge is 2.17. The Hall–Kier alpha value is -1.14. The van der Waals surface area contributed by atoms with Gasteiger partial charge in [-0.15, -0.1) is 0 Å². The first-order valence-corrected chi connectivity index (χ1v) is 24.1. The summed E-state index contributed by atoms with van der Waals surface area (Å²) in [5.74, 6) is 1.09. The van der Waals surface area contributed by atoms with Crippen molar-refractivity contribution in [2.24, 2.45) is 11.8 Å². The zero-order chi connectivity index (χ0) is 39.7. The second kappa shape index (κ2) is 41.5. The highest BCUT2D eigenvalue weighted by Crippen LogP contribution is 2.22. The first-order valence-electron chi connectivity index (χ1n) is 24.1. The zero-order valence-electron chi connectivity index (χ0n) is 37.1. The molecule has 0 radical (unpaired) electrons. The molecule has 2 unspecified atom stereocenters. The molecule has 0 aliphatic rings. The standard InChI is InChI=1S/C48H95NO5/c1-6-11-15-25-34-44(32-13-8-3)42-53-47(51)38-29-23-19-17-21-27-36-46(49(10-5)40-31-41-50)37-28-22-18-20-24-30-39-48(52)54-43-45(33-14-9-4)35-26-16-12-7-2/h44-46,50H,6-43H2,1-5H3. The molecule has 0 aliphatic heterocycles. The first kappa shape index (κ1) is 52.9. The van der Waals surface area contributed by atoms with Crippen LogP contribution in [0.3, 0.4) is 0 Å². The zero-order valence-corrected chi connectivity index (χ0v) is 37.1. The van der Waals surface area contributed by atoms with E-state index in [2.05, 4.69) is 39.5 Å². The topological polar surface area (TPSA) is 76.1 Å². The largest absolute Gasteiger partial charge is 0.465 e. The molecule has 6 heteroatoms. The van der Waals surface area contributed by atoms with Crippen LogP contribution in [0.4, 0.5) is 0 Å². The highest BCUT2D eigenvalue weighted by atomic mass is 16.5. The predicted molar refractivity (Wildman–Crippen MR) is 232 cm³/mol. The molecule has 0 bridgehead atoms. The van der Waals surface area contributed by atoms with Crippen LogP contribution in [0.1, 0.15) is 247 Å². The lowest BCUT2D eigenvalue weighted by atomic mass is 9.96. The molecule has 0 heterocycles. The fourth-order valence-electron chi connectivity index (χ4n) is 7.99. The van der Waals surface area contributed by atoms with Crippen LogP contribution in [0.15, 0.2) is 0 Å². The van der Waals surface area contributed by atoms with Crippen LogP contribution in [0, 0.1) is 11.8 Å². The number of carbonyl (C=O) groups is 2. The van der Waals surface area contributed by atoms with Gasteiger partial charge in [0.2, 0.25) is 0 Å². The molecular weight excluding hydrogens is 671 g/mol. The van der Waals surface area contributed by atoms with Gasteiger partial charge < -0.3 is 19.5 Å². The van der Waals surface area contributed by atoms with Crippen molar-refractivity contribution in [3.8, 4) is 0 Å². The maximum atomic E-state index is 12.4. The molecule has 2 atom stereocenters. The molecule has 54 heavy (non-hydrogen) atoms. The number of hydrogen-bond acceptors (Lipinski definition) is 6. The van der Waals surface area contributed by atoms with Crippen LogP contribution in [0.25, 0.3) is 0 Å². The minimum Gasteiger partial charge on any atom is -0.465 e. The lowest BCUT2D eigenvalue weighted by molar-refractivity contribution is -0.146. The van der Waals surface area contributed by atoms with E-state index in [0.717, 1.165) is 45.2 Å². The van der Waals surface area contributed by atoms with Gasteiger partial charge in [-0.05, 0) is 76.2 Å². The van der Waals surface area contributed by atoms with Gasteiger partial charge in [0, 0.05) is 32.0 Å². The summed E-state index contributed by atoms with van der Waals surface area (Å²) in [5.41, 5.74) is 0. The lowest BCUT2D eigenvalue weighted by Gasteiger charge is -2.31. The molecule has 6 nitrogen and oxygen atoms in total. The molecule has 0 aromatic carbocycles. The number of aliphatic hydroxyl groups excluding tert-OH is 1. The summed E-state index contributed by atoms with van der Waals surface area (Å²) in [6.45, 7) is 14.8. The summed E-state index contributed by atoms with van der Waals surface area (Å²) >= 11 is 0. The third-order valence-electron chi connectivity index (χ3n) is 11.7. The summed E-state index contributed by atoms with van der Waals surface area (Å²) < 4.78 is 11.5. The maximum Gasteiger partial charge on any atom is 0.305 e. The molecule has 0 saturated heterocycles. The van der Waals surface area contributed by atoms with Crippen molar-refractivity contribution in [1.29, 1.82) is 0 Å². The van der Waals surface area contributed by atoms with Crippen molar-refractivity contribution in [1.82, 2.24) is 4.90 Å². The van der Waals surface area contributed by atoms with Crippen LogP contribution in [0.2, 0.25) is 0 Å². The van der Waals surface area contributed by atoms with Crippen LogP contribution in [0.5, 0.6) is 0 Å². The van der Waals surface area contributed by atoms with E-state index in [1.54, 1.807) is 0 Å². The van der Waals surface area contributed by atoms with Gasteiger partial charge >= 0.3 is 11.9 Å². The van der Waals surface area contributed by atoms with E-state index in [1.807, 2.05) is 0 Å². The number of unbranched alkanes of at least 4 members (excludes halogenated alkanes) is 18. The van der Waals surface area contributed by atoms with Crippen LogP contribution < -0.4 is 0 Å². The number of esters is 2. The molecule has 0 aromatic heterocycles. The Labute approximate surface area is 337 Å². The molecule has 1 N–H and O–H groups in total. The third-order valence-corrected chi connectivity index (χ3v) is 11.7. The molecule has 0 saturated carbocycles. The van der Waals surface area contributed by atoms with Gasteiger partial charge in [-0.1, -0.05) is 176 Å². The fourth-order valence-corrected chi connectivity index (χ4v) is 7.99. The van der Waals surface area contributed by atoms with Crippen LogP contribution in [-0.4, -0.2) is 60.9 Å². The average molecular weight is 766 g/mol. The summed E-state index contributed by atoms with van der Waals surface area (Å²) in [6.07, 6.45) is 38.5. The lowest BCUT2D eigenvalue weighted by Crippen LogP contribution is -2.36. The Morgan fingerprint density at radius 1 is 0.444 bits per heavy atom. The summed E-state index contributed by atoms with van der Waals surface area (Å²) in [6, 6.07) is 0.603. The van der Waals surface area contributed by atoms with Crippen molar-refractivity contribution in [2.75, 3.05) is 32.9 Å². The van der Waals surface area contributed by atoms with E-state index in [1.165, 1.54) is 167 Å². The highest BCUT2D eigenvalue weighted by molar-refractivity contribution is 5.69. The van der Waals surface area contributed by atoms with Gasteiger partial charge in [-0.25, -0.2) is 0 Å². The van der Waals surface area contributed by atoms with Crippen molar-refractivity contribution in [3.63, 3.8) is 0 Å². The Morgan fingerprint density at radius 3 is 1.19 bits per heavy atom. The summed E-state index contributed by atoms with van der Waals surface area (Å²) in [7, 11) is 0. The first-order chi connectivity index (χ1) is 26.4. The van der Waals surface area contributed by atoms with E-state index in [9.17, 15) is 14.7 Å². The monoisotopic (exact) mass is 766 g/mol. The minimum atomic E-state index is 0.00463. The predicted octanol–water partition coefficient (Wildman–Crippen LogP) is 13.9. The summed E-state index contributed by atoms with van der Waals surface area (Å²) in [5, 5.41) is 9.48. The van der Waals surface area contributed by atoms with E-state index >= 15 is 0 Å². The molecule has 0 aliphatic carbocycles. The second-order valence-electron chi connectivity index (χ2n) is 16.8. The van der Waals surface area contributed by atoms with E-state index in [0.29, 0.717) is 43.9 Å². The Balaban J connectivity index is 4.23. The van der Waals surface area contributed by atoms with Crippen LogP contribution >= 0.6 is 0 Å². The maximum absolute atomic E-state index is 12.4. The molecule has 0 spiro atoms. The Morgan fingerprint density at radius 2 is 0.796 bits per heavy atom. The van der Waals surface area contributed by atoms with Gasteiger partial charge in [0.25, 0.3) is 0 Å². The summed E-state index contributed by atoms with van der Waals surface area (Å²) in [4.78, 5) is 27.4. The number of nitrogens with zero attached hydrogens (tertiary/aromatic N) is 1. The Bertz CT molecular complexity index is 735. The normalized spacial score (nSPS) is 13.3. The molecule has 0 aromatic rings. The van der Waals surface area contributed by atoms with E-state index < -0.39 is 0 Å². The Kier molecular flexibility index (Phi) is 40.6. The smallest absolute Gasteiger partial charge is 0.305 e. The van der Waals surface area contributed by atoms with Crippen LogP contribution in [-0.2, 0) is 19.1 Å². The molecule has 0 amide bonds. The SMILES string of the molecule is CCCCCCC(CCCC)COC(=O)CCCCCCCCC(CCCCCCCCC(=O)OCC(CCCC)CCCCCC)N(CC)CCCO. The number of aliphatic hydroxyl groups is 1. The molecule has 322 valence electrons. The van der Waals surface area contributed by atoms with Crippen molar-refractivity contribution in [2.45, 2.75) is 253 Å². The van der Waals surface area contributed by atoms with E-state index in [4.69, 9.17) is 9.47 Å². The minimum absolute atomic E-state index is 0.00463. The van der Waals surface area contributed by atoms with Gasteiger partial charge in [-0.3, -0.25) is 9.59 Å². The van der Waals surface area contributed by atoms with Gasteiger partial charge in [-0.2, -0.15) is 0 Å². The number of rotatable bonds is 43. The molecule has 0 fully saturated rings. The van der Waals surface area contributed by atoms with Crippen molar-refractivity contribution >= 4 is 11.9 Å². The van der Waals surface area contributed by atoms with Gasteiger partial charge in [0.05, 0.1) is 13.2 Å². The number of carbonyl (C=O) groups excluding carboxylic acids is 2. The van der Waals surface area contributed by atoms with E-state index in [-0.39, 0.29) is 18.5 Å². The number of hydrogen-bond donors (Lipinski definition) is 1. The van der Waals surface area contributed by atoms with Crippen molar-refractivity contribution in [3.05, 3.63) is 0 Å².